The molecule has 0 radical (unpaired) electrons. The third kappa shape index (κ3) is 13.8. The molecular formula is C113H75N11. The zero-order valence-corrected chi connectivity index (χ0v) is 67.2. The number of pyridine rings is 1. The summed E-state index contributed by atoms with van der Waals surface area (Å²) in [5.74, 6) is 2.11. The Hall–Kier alpha value is -16.9. The van der Waals surface area contributed by atoms with Gasteiger partial charge in [-0.2, -0.15) is 0 Å². The van der Waals surface area contributed by atoms with Crippen molar-refractivity contribution in [2.24, 2.45) is 0 Å². The van der Waals surface area contributed by atoms with Crippen molar-refractivity contribution in [1.82, 2.24) is 53.2 Å². The number of rotatable bonds is 13. The first-order valence-electron chi connectivity index (χ1n) is 41.7. The van der Waals surface area contributed by atoms with Crippen LogP contribution < -0.4 is 0 Å². The maximum absolute atomic E-state index is 5.26. The monoisotopic (exact) mass is 1590 g/mol. The van der Waals surface area contributed by atoms with E-state index in [1.165, 1.54) is 65.2 Å². The third-order valence-electron chi connectivity index (χ3n) is 23.2. The van der Waals surface area contributed by atoms with E-state index < -0.39 is 0 Å². The van der Waals surface area contributed by atoms with Crippen LogP contribution in [0.15, 0.2) is 455 Å². The van der Waals surface area contributed by atoms with Crippen LogP contribution in [0.1, 0.15) is 0 Å². The lowest BCUT2D eigenvalue weighted by molar-refractivity contribution is 1.13. The molecule has 8 aromatic heterocycles. The number of nitrogens with zero attached hydrogens (tertiary/aromatic N) is 11. The number of benzene rings is 16. The van der Waals surface area contributed by atoms with Crippen LogP contribution in [0.4, 0.5) is 0 Å². The molecule has 16 aromatic carbocycles. The van der Waals surface area contributed by atoms with Crippen molar-refractivity contribution in [1.29, 1.82) is 0 Å². The summed E-state index contributed by atoms with van der Waals surface area (Å²) in [6.45, 7) is 0. The molecule has 24 rings (SSSR count). The maximum atomic E-state index is 5.26. The fourth-order valence-corrected chi connectivity index (χ4v) is 17.5. The SMILES string of the molecule is c1ccc(-c2cc(-c3cc(-n4c5ccccc5c5ccccc54)cc(-n4c5ccccc5c5ccccc54)c3)nc(-c3ccccc3)n2)cc1.c1ccc(-c2cc(-c3ccc(-n4c5ccccc5c5ccccc54)cc3)nc(-c3ccccc3)n2)cc1.c1ccc(-c2nc(-c3ccc(-n4c5ccccc5c5ccccc54)cc3)cc(-c3ccccn3)n2)cc1. The zero-order chi connectivity index (χ0) is 82.2. The normalized spacial score (nSPS) is 11.4. The van der Waals surface area contributed by atoms with Gasteiger partial charge in [0.05, 0.1) is 84.0 Å². The molecule has 0 saturated carbocycles. The summed E-state index contributed by atoms with van der Waals surface area (Å²) in [6, 6.07) is 156. The van der Waals surface area contributed by atoms with Gasteiger partial charge in [-0.1, -0.05) is 328 Å². The molecule has 0 spiro atoms. The van der Waals surface area contributed by atoms with Gasteiger partial charge in [-0.15, -0.1) is 0 Å². The van der Waals surface area contributed by atoms with Crippen LogP contribution in [0.25, 0.3) is 212 Å². The Labute approximate surface area is 715 Å². The summed E-state index contributed by atoms with van der Waals surface area (Å²) in [6.07, 6.45) is 1.79. The van der Waals surface area contributed by atoms with Gasteiger partial charge in [0.1, 0.15) is 0 Å². The number of para-hydroxylation sites is 8. The Bertz CT molecular complexity index is 7270. The van der Waals surface area contributed by atoms with Gasteiger partial charge in [0.15, 0.2) is 17.5 Å². The quantitative estimate of drug-likeness (QED) is 0.113. The van der Waals surface area contributed by atoms with Gasteiger partial charge < -0.3 is 18.3 Å². The minimum absolute atomic E-state index is 0.685. The van der Waals surface area contributed by atoms with E-state index in [1.807, 2.05) is 115 Å². The molecule has 0 aliphatic rings. The Morgan fingerprint density at radius 3 is 0.629 bits per heavy atom. The second-order valence-corrected chi connectivity index (χ2v) is 30.7. The first-order valence-corrected chi connectivity index (χ1v) is 41.7. The average Bonchev–Trinajstić information content (AvgIpc) is 1.56. The molecule has 0 aliphatic heterocycles. The van der Waals surface area contributed by atoms with Crippen LogP contribution in [0.2, 0.25) is 0 Å². The molecule has 11 nitrogen and oxygen atoms in total. The molecule has 0 saturated heterocycles. The third-order valence-corrected chi connectivity index (χ3v) is 23.2. The van der Waals surface area contributed by atoms with Crippen molar-refractivity contribution >= 4 is 87.2 Å². The van der Waals surface area contributed by atoms with Crippen molar-refractivity contribution in [3.05, 3.63) is 455 Å². The molecule has 0 fully saturated rings. The highest BCUT2D eigenvalue weighted by Crippen LogP contribution is 2.42. The van der Waals surface area contributed by atoms with E-state index in [2.05, 4.69) is 357 Å². The van der Waals surface area contributed by atoms with Crippen LogP contribution in [0.5, 0.6) is 0 Å². The Kier molecular flexibility index (Phi) is 19.0. The van der Waals surface area contributed by atoms with Crippen LogP contribution in [0, 0.1) is 0 Å². The van der Waals surface area contributed by atoms with Crippen molar-refractivity contribution in [3.8, 4) is 125 Å². The van der Waals surface area contributed by atoms with E-state index in [0.29, 0.717) is 11.6 Å². The molecule has 0 bridgehead atoms. The second kappa shape index (κ2) is 32.1. The molecule has 0 N–H and O–H groups in total. The summed E-state index contributed by atoms with van der Waals surface area (Å²) in [7, 11) is 0. The highest BCUT2D eigenvalue weighted by atomic mass is 15.0. The highest BCUT2D eigenvalue weighted by molar-refractivity contribution is 6.13. The molecule has 24 aromatic rings. The van der Waals surface area contributed by atoms with Gasteiger partial charge in [-0.25, -0.2) is 29.9 Å². The van der Waals surface area contributed by atoms with E-state index in [4.69, 9.17) is 29.9 Å². The van der Waals surface area contributed by atoms with Crippen LogP contribution in [-0.4, -0.2) is 53.2 Å². The zero-order valence-electron chi connectivity index (χ0n) is 67.2. The van der Waals surface area contributed by atoms with E-state index in [-0.39, 0.29) is 0 Å². The topological polar surface area (TPSA) is 110 Å². The number of fused-ring (bicyclic) bond motifs is 12. The number of hydrogen-bond donors (Lipinski definition) is 0. The summed E-state index contributed by atoms with van der Waals surface area (Å²) < 4.78 is 9.44. The van der Waals surface area contributed by atoms with Crippen LogP contribution >= 0.6 is 0 Å². The largest absolute Gasteiger partial charge is 0.309 e. The van der Waals surface area contributed by atoms with E-state index in [0.717, 1.165) is 135 Å². The fourth-order valence-electron chi connectivity index (χ4n) is 17.5. The lowest BCUT2D eigenvalue weighted by Crippen LogP contribution is -2.01. The minimum atomic E-state index is 0.685. The lowest BCUT2D eigenvalue weighted by atomic mass is 10.0. The molecule has 582 valence electrons. The standard InChI is InChI=1S/C46H30N4.C34H23N3.C33H22N4/c1-3-15-31(16-4-1)40-30-41(48-46(47-40)32-17-5-2-6-18-32)33-27-34(49-42-23-11-7-19-36(42)37-20-8-12-24-43(37)49)29-35(28-33)50-44-25-13-9-21-38(44)39-22-10-14-26-45(39)50;1-3-11-24(12-4-1)30-23-31(36-34(35-30)26-13-5-2-6-14-26)25-19-21-27(22-20-25)37-32-17-9-7-15-28(32)29-16-8-10-18-33(29)37;1-2-10-24(11-3-1)33-35-29(22-30(36-33)28-14-8-9-21-34-28)23-17-19-25(20-18-23)37-31-15-6-4-12-26(31)27-13-5-7-16-32(27)37/h1-30H;1-23H;1-22H. The predicted octanol–water partition coefficient (Wildman–Crippen LogP) is 28.2. The molecule has 0 aliphatic carbocycles. The average molecular weight is 1590 g/mol. The van der Waals surface area contributed by atoms with Crippen LogP contribution in [0.3, 0.4) is 0 Å². The Morgan fingerprint density at radius 1 is 0.137 bits per heavy atom. The van der Waals surface area contributed by atoms with Gasteiger partial charge in [0, 0.05) is 117 Å². The van der Waals surface area contributed by atoms with Crippen molar-refractivity contribution in [3.63, 3.8) is 0 Å². The minimum Gasteiger partial charge on any atom is -0.309 e. The first-order chi connectivity index (χ1) is 61.5. The lowest BCUT2D eigenvalue weighted by Gasteiger charge is -2.16. The number of hydrogen-bond acceptors (Lipinski definition) is 7. The predicted molar refractivity (Wildman–Crippen MR) is 510 cm³/mol. The molecular weight excluding hydrogens is 1510 g/mol. The summed E-state index contributed by atoms with van der Waals surface area (Å²) in [5.41, 5.74) is 28.1. The van der Waals surface area contributed by atoms with E-state index >= 15 is 0 Å². The van der Waals surface area contributed by atoms with E-state index in [1.54, 1.807) is 6.20 Å². The molecule has 8 heterocycles. The molecule has 0 amide bonds. The summed E-state index contributed by atoms with van der Waals surface area (Å²) >= 11 is 0. The van der Waals surface area contributed by atoms with Crippen molar-refractivity contribution in [2.75, 3.05) is 0 Å². The fraction of sp³-hybridized carbons (Fsp3) is 0. The van der Waals surface area contributed by atoms with Crippen molar-refractivity contribution < 1.29 is 0 Å². The Morgan fingerprint density at radius 2 is 0.355 bits per heavy atom. The molecule has 0 atom stereocenters. The molecule has 11 heteroatoms. The van der Waals surface area contributed by atoms with Gasteiger partial charge in [0.2, 0.25) is 0 Å². The Balaban J connectivity index is 0.000000113. The maximum Gasteiger partial charge on any atom is 0.160 e. The smallest absolute Gasteiger partial charge is 0.160 e. The van der Waals surface area contributed by atoms with Crippen molar-refractivity contribution in [2.45, 2.75) is 0 Å². The van der Waals surface area contributed by atoms with Gasteiger partial charge in [0.25, 0.3) is 0 Å². The second-order valence-electron chi connectivity index (χ2n) is 30.7. The first kappa shape index (κ1) is 73.5. The number of aromatic nitrogens is 11. The van der Waals surface area contributed by atoms with Gasteiger partial charge >= 0.3 is 0 Å². The summed E-state index contributed by atoms with van der Waals surface area (Å²) in [5, 5.41) is 9.95. The highest BCUT2D eigenvalue weighted by Gasteiger charge is 2.22. The van der Waals surface area contributed by atoms with Gasteiger partial charge in [-0.05, 0) is 121 Å². The summed E-state index contributed by atoms with van der Waals surface area (Å²) in [4.78, 5) is 34.6. The molecule has 0 unspecified atom stereocenters. The van der Waals surface area contributed by atoms with E-state index in [9.17, 15) is 0 Å². The molecule has 124 heavy (non-hydrogen) atoms. The van der Waals surface area contributed by atoms with Gasteiger partial charge in [-0.3, -0.25) is 4.98 Å². The van der Waals surface area contributed by atoms with Crippen LogP contribution in [-0.2, 0) is 0 Å².